The van der Waals surface area contributed by atoms with Gasteiger partial charge in [0.15, 0.2) is 5.03 Å². The summed E-state index contributed by atoms with van der Waals surface area (Å²) >= 11 is 8.65. The zero-order valence-corrected chi connectivity index (χ0v) is 9.37. The van der Waals surface area contributed by atoms with E-state index in [4.69, 9.17) is 22.3 Å². The molecule has 12 heavy (non-hydrogen) atoms. The van der Waals surface area contributed by atoms with E-state index in [-0.39, 0.29) is 10.0 Å². The maximum absolute atomic E-state index is 10.8. The van der Waals surface area contributed by atoms with Gasteiger partial charge in [-0.15, -0.1) is 0 Å². The third kappa shape index (κ3) is 2.10. The molecule has 0 aliphatic rings. The van der Waals surface area contributed by atoms with E-state index in [0.29, 0.717) is 4.47 Å². The predicted octanol–water partition coefficient (Wildman–Crippen LogP) is 2.43. The van der Waals surface area contributed by atoms with Gasteiger partial charge in [0.05, 0.1) is 5.02 Å². The molecular formula is C5H2BrCl2NO2S. The van der Waals surface area contributed by atoms with Crippen LogP contribution in [-0.2, 0) is 9.05 Å². The largest absolute Gasteiger partial charge is 0.280 e. The number of pyridine rings is 1. The van der Waals surface area contributed by atoms with Crippen LogP contribution in [0.4, 0.5) is 0 Å². The van der Waals surface area contributed by atoms with Crippen LogP contribution in [0.2, 0.25) is 5.02 Å². The summed E-state index contributed by atoms with van der Waals surface area (Å²) in [5.74, 6) is 0. The Morgan fingerprint density at radius 1 is 1.50 bits per heavy atom. The number of hydrogen-bond acceptors (Lipinski definition) is 3. The zero-order valence-electron chi connectivity index (χ0n) is 5.46. The fraction of sp³-hybridized carbons (Fsp3) is 0. The smallest absolute Gasteiger partial charge is 0.242 e. The van der Waals surface area contributed by atoms with Crippen LogP contribution in [0.15, 0.2) is 21.8 Å². The van der Waals surface area contributed by atoms with Crippen molar-refractivity contribution in [3.63, 3.8) is 0 Å². The van der Waals surface area contributed by atoms with Crippen LogP contribution in [0.5, 0.6) is 0 Å². The summed E-state index contributed by atoms with van der Waals surface area (Å²) in [5, 5.41) is -0.340. The molecule has 3 nitrogen and oxygen atoms in total. The van der Waals surface area contributed by atoms with Gasteiger partial charge in [-0.25, -0.2) is 13.4 Å². The van der Waals surface area contributed by atoms with Crippen molar-refractivity contribution in [1.29, 1.82) is 0 Å². The molecule has 1 heterocycles. The second kappa shape index (κ2) is 3.49. The first-order valence-electron chi connectivity index (χ1n) is 2.67. The average molecular weight is 291 g/mol. The fourth-order valence-corrected chi connectivity index (χ4v) is 2.41. The van der Waals surface area contributed by atoms with Gasteiger partial charge in [-0.3, -0.25) is 0 Å². The summed E-state index contributed by atoms with van der Waals surface area (Å²) < 4.78 is 22.1. The van der Waals surface area contributed by atoms with Gasteiger partial charge in [-0.1, -0.05) is 11.6 Å². The first kappa shape index (κ1) is 10.2. The SMILES string of the molecule is O=S(=O)(Cl)c1nccc(Br)c1Cl. The standard InChI is InChI=1S/C5H2BrCl2NO2S/c6-3-1-2-9-5(4(3)7)12(8,10)11/h1-2H. The molecule has 0 aliphatic heterocycles. The van der Waals surface area contributed by atoms with E-state index >= 15 is 0 Å². The van der Waals surface area contributed by atoms with Crippen LogP contribution in [0.25, 0.3) is 0 Å². The van der Waals surface area contributed by atoms with Gasteiger partial charge in [0.1, 0.15) is 0 Å². The molecule has 0 spiro atoms. The maximum atomic E-state index is 10.8. The van der Waals surface area contributed by atoms with E-state index in [1.165, 1.54) is 12.3 Å². The summed E-state index contributed by atoms with van der Waals surface area (Å²) in [5.41, 5.74) is 0. The van der Waals surface area contributed by atoms with Gasteiger partial charge >= 0.3 is 0 Å². The van der Waals surface area contributed by atoms with Crippen LogP contribution in [0.1, 0.15) is 0 Å². The third-order valence-electron chi connectivity index (χ3n) is 1.04. The first-order chi connectivity index (χ1) is 5.43. The Morgan fingerprint density at radius 3 is 2.50 bits per heavy atom. The first-order valence-corrected chi connectivity index (χ1v) is 6.15. The predicted molar refractivity (Wildman–Crippen MR) is 50.0 cm³/mol. The molecule has 0 saturated heterocycles. The van der Waals surface area contributed by atoms with Crippen molar-refractivity contribution in [2.75, 3.05) is 0 Å². The van der Waals surface area contributed by atoms with E-state index in [1.807, 2.05) is 0 Å². The lowest BCUT2D eigenvalue weighted by Gasteiger charge is -1.99. The van der Waals surface area contributed by atoms with E-state index in [9.17, 15) is 8.42 Å². The molecule has 7 heteroatoms. The minimum atomic E-state index is -3.86. The Morgan fingerprint density at radius 2 is 2.08 bits per heavy atom. The molecule has 0 radical (unpaired) electrons. The maximum Gasteiger partial charge on any atom is 0.280 e. The highest BCUT2D eigenvalue weighted by atomic mass is 79.9. The molecule has 0 amide bonds. The van der Waals surface area contributed by atoms with Crippen LogP contribution in [-0.4, -0.2) is 13.4 Å². The lowest BCUT2D eigenvalue weighted by molar-refractivity contribution is 0.606. The Bertz CT molecular complexity index is 406. The van der Waals surface area contributed by atoms with Crippen molar-refractivity contribution in [3.8, 4) is 0 Å². The van der Waals surface area contributed by atoms with Gasteiger partial charge in [-0.05, 0) is 22.0 Å². The Hall–Kier alpha value is 0.160. The Kier molecular flexibility index (Phi) is 2.98. The van der Waals surface area contributed by atoms with Crippen molar-refractivity contribution in [2.45, 2.75) is 5.03 Å². The molecule has 1 aromatic rings. The fourth-order valence-electron chi connectivity index (χ4n) is 0.572. The molecule has 0 atom stereocenters. The second-order valence-electron chi connectivity index (χ2n) is 1.85. The Labute approximate surface area is 87.3 Å². The highest BCUT2D eigenvalue weighted by molar-refractivity contribution is 9.10. The summed E-state index contributed by atoms with van der Waals surface area (Å²) in [6, 6.07) is 1.52. The van der Waals surface area contributed by atoms with Crippen LogP contribution in [0.3, 0.4) is 0 Å². The third-order valence-corrected chi connectivity index (χ3v) is 3.63. The molecule has 66 valence electrons. The van der Waals surface area contributed by atoms with Gasteiger partial charge < -0.3 is 0 Å². The van der Waals surface area contributed by atoms with Gasteiger partial charge in [0.2, 0.25) is 0 Å². The van der Waals surface area contributed by atoms with Crippen molar-refractivity contribution >= 4 is 47.3 Å². The minimum absolute atomic E-state index is 0.00694. The summed E-state index contributed by atoms with van der Waals surface area (Å²) in [6.45, 7) is 0. The number of aromatic nitrogens is 1. The molecule has 1 rings (SSSR count). The molecule has 0 unspecified atom stereocenters. The van der Waals surface area contributed by atoms with Gasteiger partial charge in [0.25, 0.3) is 9.05 Å². The molecule has 1 aromatic heterocycles. The summed E-state index contributed by atoms with van der Waals surface area (Å²) in [6.07, 6.45) is 1.30. The number of hydrogen-bond donors (Lipinski definition) is 0. The van der Waals surface area contributed by atoms with E-state index < -0.39 is 9.05 Å². The zero-order chi connectivity index (χ0) is 9.35. The van der Waals surface area contributed by atoms with E-state index in [0.717, 1.165) is 0 Å². The van der Waals surface area contributed by atoms with Crippen molar-refractivity contribution in [3.05, 3.63) is 21.8 Å². The molecule has 0 bridgehead atoms. The highest BCUT2D eigenvalue weighted by Gasteiger charge is 2.17. The van der Waals surface area contributed by atoms with Crippen molar-refractivity contribution in [1.82, 2.24) is 4.98 Å². The van der Waals surface area contributed by atoms with Gasteiger partial charge in [-0.2, -0.15) is 0 Å². The molecule has 0 saturated carbocycles. The Balaban J connectivity index is 3.47. The number of rotatable bonds is 1. The average Bonchev–Trinajstić information content (AvgIpc) is 1.92. The molecule has 0 aromatic carbocycles. The van der Waals surface area contributed by atoms with Crippen molar-refractivity contribution < 1.29 is 8.42 Å². The van der Waals surface area contributed by atoms with Crippen LogP contribution >= 0.6 is 38.2 Å². The summed E-state index contributed by atoms with van der Waals surface area (Å²) in [4.78, 5) is 3.53. The minimum Gasteiger partial charge on any atom is -0.242 e. The van der Waals surface area contributed by atoms with Crippen LogP contribution in [0, 0.1) is 0 Å². The topological polar surface area (TPSA) is 47.0 Å². The number of halogens is 3. The normalized spacial score (nSPS) is 11.6. The van der Waals surface area contributed by atoms with Crippen LogP contribution < -0.4 is 0 Å². The van der Waals surface area contributed by atoms with E-state index in [1.54, 1.807) is 0 Å². The highest BCUT2D eigenvalue weighted by Crippen LogP contribution is 2.28. The van der Waals surface area contributed by atoms with E-state index in [2.05, 4.69) is 20.9 Å². The summed E-state index contributed by atoms with van der Waals surface area (Å²) in [7, 11) is 1.18. The molecular weight excluding hydrogens is 289 g/mol. The quantitative estimate of drug-likeness (QED) is 0.746. The molecule has 0 N–H and O–H groups in total. The van der Waals surface area contributed by atoms with Crippen molar-refractivity contribution in [2.24, 2.45) is 0 Å². The number of nitrogens with zero attached hydrogens (tertiary/aromatic N) is 1. The second-order valence-corrected chi connectivity index (χ2v) is 5.56. The lowest BCUT2D eigenvalue weighted by Crippen LogP contribution is -1.95. The molecule has 0 aliphatic carbocycles. The lowest BCUT2D eigenvalue weighted by atomic mass is 10.5. The molecule has 0 fully saturated rings. The van der Waals surface area contributed by atoms with Gasteiger partial charge in [0, 0.05) is 21.4 Å². The monoisotopic (exact) mass is 289 g/mol.